The maximum atomic E-state index is 13.6. The molecule has 14 nitrogen and oxygen atoms in total. The summed E-state index contributed by atoms with van der Waals surface area (Å²) >= 11 is 6.06. The van der Waals surface area contributed by atoms with E-state index in [4.69, 9.17) is 34.9 Å². The number of ether oxygens (including phenoxy) is 3. The first-order valence-electron chi connectivity index (χ1n) is 25.6. The number of benzene rings is 2. The summed E-state index contributed by atoms with van der Waals surface area (Å²) in [6.45, 7) is 4.24. The molecule has 1 aromatic heterocycles. The van der Waals surface area contributed by atoms with E-state index in [1.807, 2.05) is 40.2 Å². The summed E-state index contributed by atoms with van der Waals surface area (Å²) in [6, 6.07) is 12.2. The van der Waals surface area contributed by atoms with Crippen molar-refractivity contribution in [2.24, 2.45) is 0 Å². The first-order chi connectivity index (χ1) is 33.0. The average molecular weight is 1010 g/mol. The molecule has 0 spiro atoms. The Morgan fingerprint density at radius 1 is 0.739 bits per heavy atom. The van der Waals surface area contributed by atoms with E-state index in [1.165, 1.54) is 70.6 Å². The highest BCUT2D eigenvalue weighted by molar-refractivity contribution is 7.47. The molecule has 2 N–H and O–H groups in total. The lowest BCUT2D eigenvalue weighted by atomic mass is 10.0. The molecule has 0 saturated heterocycles. The molecule has 2 aromatic carbocycles. The molecule has 1 heterocycles. The molecule has 0 aliphatic carbocycles. The van der Waals surface area contributed by atoms with E-state index in [-0.39, 0.29) is 44.3 Å². The highest BCUT2D eigenvalue weighted by atomic mass is 35.5. The lowest BCUT2D eigenvalue weighted by Crippen LogP contribution is -2.37. The predicted octanol–water partition coefficient (Wildman–Crippen LogP) is 11.9. The van der Waals surface area contributed by atoms with Crippen LogP contribution in [0.1, 0.15) is 170 Å². The molecule has 1 unspecified atom stereocenters. The van der Waals surface area contributed by atoms with Crippen LogP contribution < -0.4 is 10.1 Å². The van der Waals surface area contributed by atoms with Crippen molar-refractivity contribution in [2.45, 2.75) is 168 Å². The number of nitrogens with zero attached hydrogens (tertiary/aromatic N) is 2. The standard InChI is InChI=1S/C53H83ClN3O11P/c1-7-8-9-10-11-12-13-14-15-16-17-18-19-21-24-27-51(59)65-40-46(41-67-69(62,63)66-37-36-57(3,4)5)68-52(60)28-25-22-20-23-26-35-55-50(58)39-47-42(2)56(49-34-33-45(64-6)38-48(47)49)53(61)43-29-31-44(54)32-30-43/h29-34,38,46H,7-28,35-37,39-41H2,1-6H3,(H-,55,58,62,63)/p+1/t46-/m1/s1. The van der Waals surface area contributed by atoms with Gasteiger partial charge >= 0.3 is 19.8 Å². The van der Waals surface area contributed by atoms with Gasteiger partial charge in [0.1, 0.15) is 25.5 Å². The molecule has 1 amide bonds. The summed E-state index contributed by atoms with van der Waals surface area (Å²) in [5.41, 5.74) is 2.57. The van der Waals surface area contributed by atoms with Gasteiger partial charge in [-0.3, -0.25) is 32.8 Å². The van der Waals surface area contributed by atoms with Gasteiger partial charge in [0.25, 0.3) is 5.91 Å². The number of rotatable bonds is 38. The molecule has 0 aliphatic rings. The number of unbranched alkanes of at least 4 members (excludes halogenated alkanes) is 18. The van der Waals surface area contributed by atoms with E-state index in [1.54, 1.807) is 42.0 Å². The molecule has 0 fully saturated rings. The number of likely N-dealkylation sites (N-methyl/N-ethyl adjacent to an activating group) is 1. The number of halogens is 1. The summed E-state index contributed by atoms with van der Waals surface area (Å²) < 4.78 is 41.5. The van der Waals surface area contributed by atoms with Crippen LogP contribution in [0.2, 0.25) is 5.02 Å². The molecule has 3 rings (SSSR count). The maximum absolute atomic E-state index is 13.6. The molecule has 2 atom stereocenters. The molecule has 0 saturated carbocycles. The number of esters is 2. The molecule has 0 bridgehead atoms. The molecule has 69 heavy (non-hydrogen) atoms. The van der Waals surface area contributed by atoms with Crippen molar-refractivity contribution in [1.82, 2.24) is 9.88 Å². The van der Waals surface area contributed by atoms with Crippen molar-refractivity contribution in [2.75, 3.05) is 61.2 Å². The maximum Gasteiger partial charge on any atom is 0.472 e. The minimum absolute atomic E-state index is 0.0141. The number of hydrogen-bond acceptors (Lipinski definition) is 10. The number of phosphoric ester groups is 1. The van der Waals surface area contributed by atoms with Crippen molar-refractivity contribution in [1.29, 1.82) is 0 Å². The van der Waals surface area contributed by atoms with Crippen LogP contribution >= 0.6 is 19.4 Å². The number of amides is 1. The number of quaternary nitrogens is 1. The van der Waals surface area contributed by atoms with Crippen LogP contribution in [-0.4, -0.2) is 105 Å². The topological polar surface area (TPSA) is 169 Å². The second-order valence-electron chi connectivity index (χ2n) is 19.2. The van der Waals surface area contributed by atoms with Crippen LogP contribution in [-0.2, 0) is 43.9 Å². The first-order valence-corrected chi connectivity index (χ1v) is 27.4. The molecule has 3 aromatic rings. The van der Waals surface area contributed by atoms with Crippen molar-refractivity contribution >= 4 is 54.1 Å². The number of phosphoric acid groups is 1. The number of carbonyl (C=O) groups excluding carboxylic acids is 4. The summed E-state index contributed by atoms with van der Waals surface area (Å²) in [5, 5.41) is 4.30. The van der Waals surface area contributed by atoms with Gasteiger partial charge in [-0.05, 0) is 74.2 Å². The average Bonchev–Trinajstić information content (AvgIpc) is 3.57. The zero-order chi connectivity index (χ0) is 50.5. The highest BCUT2D eigenvalue weighted by Crippen LogP contribution is 2.43. The smallest absolute Gasteiger partial charge is 0.472 e. The minimum Gasteiger partial charge on any atom is -0.497 e. The van der Waals surface area contributed by atoms with Crippen molar-refractivity contribution in [3.63, 3.8) is 0 Å². The number of hydrogen-bond donors (Lipinski definition) is 2. The quantitative estimate of drug-likeness (QED) is 0.0242. The number of aromatic nitrogens is 1. The Hall–Kier alpha value is -3.78. The summed E-state index contributed by atoms with van der Waals surface area (Å²) in [7, 11) is 2.90. The second kappa shape index (κ2) is 33.0. The minimum atomic E-state index is -4.45. The van der Waals surface area contributed by atoms with Gasteiger partial charge in [-0.15, -0.1) is 0 Å². The largest absolute Gasteiger partial charge is 0.497 e. The van der Waals surface area contributed by atoms with E-state index in [9.17, 15) is 28.6 Å². The highest BCUT2D eigenvalue weighted by Gasteiger charge is 2.27. The number of carbonyl (C=O) groups is 4. The fourth-order valence-corrected chi connectivity index (χ4v) is 8.94. The Labute approximate surface area is 417 Å². The van der Waals surface area contributed by atoms with Gasteiger partial charge in [-0.1, -0.05) is 128 Å². The van der Waals surface area contributed by atoms with Crippen molar-refractivity contribution < 1.29 is 56.4 Å². The van der Waals surface area contributed by atoms with Crippen LogP contribution in [0.4, 0.5) is 0 Å². The van der Waals surface area contributed by atoms with Gasteiger partial charge in [0.15, 0.2) is 6.10 Å². The SMILES string of the molecule is CCCCCCCCCCCCCCCCCC(=O)OC[C@H](COP(=O)(O)OCC[N+](C)(C)C)OC(=O)CCCCCCCNC(=O)Cc1c(C)n(C(=O)c2ccc(Cl)cc2)c2ccc(OC)cc12. The van der Waals surface area contributed by atoms with Gasteiger partial charge in [0.05, 0.1) is 46.8 Å². The number of methoxy groups -OCH3 is 1. The molecule has 0 radical (unpaired) electrons. The molecule has 388 valence electrons. The fourth-order valence-electron chi connectivity index (χ4n) is 8.08. The van der Waals surface area contributed by atoms with E-state index >= 15 is 0 Å². The zero-order valence-corrected chi connectivity index (χ0v) is 44.3. The van der Waals surface area contributed by atoms with Crippen LogP contribution in [0.5, 0.6) is 5.75 Å². The molecular weight excluding hydrogens is 921 g/mol. The molecule has 16 heteroatoms. The van der Waals surface area contributed by atoms with Crippen LogP contribution in [0.25, 0.3) is 10.9 Å². The van der Waals surface area contributed by atoms with Crippen molar-refractivity contribution in [3.8, 4) is 5.75 Å². The monoisotopic (exact) mass is 1000 g/mol. The first kappa shape index (κ1) is 59.5. The van der Waals surface area contributed by atoms with Gasteiger partial charge in [-0.25, -0.2) is 4.57 Å². The Bertz CT molecular complexity index is 2030. The third kappa shape index (κ3) is 24.8. The Kier molecular flexibility index (Phi) is 28.5. The van der Waals surface area contributed by atoms with E-state index < -0.39 is 32.5 Å². The third-order valence-corrected chi connectivity index (χ3v) is 13.4. The summed E-state index contributed by atoms with van der Waals surface area (Å²) in [4.78, 5) is 62.6. The lowest BCUT2D eigenvalue weighted by molar-refractivity contribution is -0.870. The second-order valence-corrected chi connectivity index (χ2v) is 21.1. The van der Waals surface area contributed by atoms with Gasteiger partial charge < -0.3 is 28.9 Å². The normalized spacial score (nSPS) is 13.0. The van der Waals surface area contributed by atoms with Crippen molar-refractivity contribution in [3.05, 3.63) is 64.3 Å². The van der Waals surface area contributed by atoms with Gasteiger partial charge in [-0.2, -0.15) is 0 Å². The Morgan fingerprint density at radius 2 is 1.29 bits per heavy atom. The molecule has 0 aliphatic heterocycles. The van der Waals surface area contributed by atoms with Gasteiger partial charge in [0.2, 0.25) is 5.91 Å². The van der Waals surface area contributed by atoms with E-state index in [2.05, 4.69) is 12.2 Å². The van der Waals surface area contributed by atoms with E-state index in [0.717, 1.165) is 55.9 Å². The zero-order valence-electron chi connectivity index (χ0n) is 42.7. The lowest BCUT2D eigenvalue weighted by Gasteiger charge is -2.24. The van der Waals surface area contributed by atoms with Crippen LogP contribution in [0.3, 0.4) is 0 Å². The number of fused-ring (bicyclic) bond motifs is 1. The third-order valence-electron chi connectivity index (χ3n) is 12.2. The summed E-state index contributed by atoms with van der Waals surface area (Å²) in [5.74, 6) is -0.714. The molecular formula is C53H84ClN3O11P+. The Balaban J connectivity index is 1.37. The van der Waals surface area contributed by atoms with Gasteiger partial charge in [0, 0.05) is 41.1 Å². The van der Waals surface area contributed by atoms with Crippen LogP contribution in [0.15, 0.2) is 42.5 Å². The number of nitrogens with one attached hydrogen (secondary N) is 1. The van der Waals surface area contributed by atoms with Crippen LogP contribution in [0, 0.1) is 6.92 Å². The predicted molar refractivity (Wildman–Crippen MR) is 274 cm³/mol. The summed E-state index contributed by atoms with van der Waals surface area (Å²) in [6.07, 6.45) is 21.4. The van der Waals surface area contributed by atoms with E-state index in [0.29, 0.717) is 58.0 Å². The Morgan fingerprint density at radius 3 is 1.86 bits per heavy atom. The fraction of sp³-hybridized carbons (Fsp3) is 0.660.